The van der Waals surface area contributed by atoms with Gasteiger partial charge in [-0.15, -0.1) is 0 Å². The average Bonchev–Trinajstić information content (AvgIpc) is 2.46. The minimum atomic E-state index is -1.38. The second-order valence-electron chi connectivity index (χ2n) is 4.03. The lowest BCUT2D eigenvalue weighted by molar-refractivity contribution is -0.127. The highest BCUT2D eigenvalue weighted by Gasteiger charge is 2.25. The zero-order valence-electron chi connectivity index (χ0n) is 10.7. The lowest BCUT2D eigenvalue weighted by Crippen LogP contribution is -2.27. The van der Waals surface area contributed by atoms with Crippen LogP contribution in [-0.2, 0) is 9.53 Å². The number of aromatic nitrogens is 2. The number of primary amides is 1. The van der Waals surface area contributed by atoms with Gasteiger partial charge in [0, 0.05) is 18.0 Å². The van der Waals surface area contributed by atoms with Crippen LogP contribution in [0.25, 0.3) is 0 Å². The van der Waals surface area contributed by atoms with Gasteiger partial charge in [-0.05, 0) is 12.1 Å². The number of rotatable bonds is 4. The van der Waals surface area contributed by atoms with Crippen molar-refractivity contribution in [2.75, 3.05) is 5.73 Å². The van der Waals surface area contributed by atoms with Crippen molar-refractivity contribution >= 4 is 17.7 Å². The van der Waals surface area contributed by atoms with Gasteiger partial charge in [-0.1, -0.05) is 12.1 Å². The number of hydrogen-bond donors (Lipinski definition) is 2. The number of nitrogen functional groups attached to an aromatic ring is 1. The van der Waals surface area contributed by atoms with Crippen molar-refractivity contribution in [2.45, 2.75) is 6.10 Å². The predicted octanol–water partition coefficient (Wildman–Crippen LogP) is 0.581. The second-order valence-corrected chi connectivity index (χ2v) is 4.03. The van der Waals surface area contributed by atoms with E-state index in [0.717, 1.165) is 12.1 Å². The van der Waals surface area contributed by atoms with E-state index in [9.17, 15) is 14.0 Å². The maximum atomic E-state index is 12.9. The number of hydrogen-bond acceptors (Lipinski definition) is 6. The van der Waals surface area contributed by atoms with Crippen LogP contribution in [0.15, 0.2) is 36.7 Å². The zero-order chi connectivity index (χ0) is 15.4. The summed E-state index contributed by atoms with van der Waals surface area (Å²) in [6, 6.07) is 4.82. The molecule has 0 fully saturated rings. The van der Waals surface area contributed by atoms with Crippen molar-refractivity contribution in [3.8, 4) is 0 Å². The third kappa shape index (κ3) is 3.30. The van der Waals surface area contributed by atoms with Crippen LogP contribution in [-0.4, -0.2) is 21.8 Å². The van der Waals surface area contributed by atoms with E-state index in [4.69, 9.17) is 16.2 Å². The van der Waals surface area contributed by atoms with Crippen molar-refractivity contribution in [3.63, 3.8) is 0 Å². The Balaban J connectivity index is 2.25. The third-order valence-electron chi connectivity index (χ3n) is 2.58. The fourth-order valence-corrected chi connectivity index (χ4v) is 1.60. The molecule has 2 aromatic rings. The van der Waals surface area contributed by atoms with Gasteiger partial charge in [0.05, 0.1) is 0 Å². The molecule has 0 spiro atoms. The smallest absolute Gasteiger partial charge is 0.361 e. The summed E-state index contributed by atoms with van der Waals surface area (Å²) in [7, 11) is 0. The molecule has 8 heteroatoms. The number of benzene rings is 1. The minimum Gasteiger partial charge on any atom is -0.442 e. The molecule has 0 saturated heterocycles. The lowest BCUT2D eigenvalue weighted by atomic mass is 10.1. The molecular weight excluding hydrogens is 279 g/mol. The van der Waals surface area contributed by atoms with Crippen LogP contribution in [0.4, 0.5) is 10.2 Å². The number of esters is 1. The molecule has 0 unspecified atom stereocenters. The van der Waals surface area contributed by atoms with Crippen molar-refractivity contribution in [3.05, 3.63) is 53.7 Å². The first-order valence-corrected chi connectivity index (χ1v) is 5.81. The van der Waals surface area contributed by atoms with Crippen LogP contribution < -0.4 is 11.5 Å². The Morgan fingerprint density at radius 3 is 2.33 bits per heavy atom. The SMILES string of the molecule is NC(=O)[C@@H](OC(=O)c1nccnc1N)c1ccc(F)cc1. The molecule has 0 bridgehead atoms. The molecule has 1 aromatic heterocycles. The quantitative estimate of drug-likeness (QED) is 0.794. The second kappa shape index (κ2) is 5.95. The topological polar surface area (TPSA) is 121 Å². The summed E-state index contributed by atoms with van der Waals surface area (Å²) in [6.45, 7) is 0. The Bertz CT molecular complexity index is 675. The van der Waals surface area contributed by atoms with Gasteiger partial charge in [0.15, 0.2) is 11.5 Å². The number of nitrogens with two attached hydrogens (primary N) is 2. The number of carbonyl (C=O) groups is 2. The Kier molecular flexibility index (Phi) is 4.07. The van der Waals surface area contributed by atoms with Gasteiger partial charge in [0.25, 0.3) is 5.91 Å². The van der Waals surface area contributed by atoms with Crippen LogP contribution in [0.1, 0.15) is 22.2 Å². The molecule has 0 aliphatic carbocycles. The first-order valence-electron chi connectivity index (χ1n) is 5.81. The predicted molar refractivity (Wildman–Crippen MR) is 70.2 cm³/mol. The minimum absolute atomic E-state index is 0.134. The highest BCUT2D eigenvalue weighted by Crippen LogP contribution is 2.20. The van der Waals surface area contributed by atoms with Crippen LogP contribution >= 0.6 is 0 Å². The number of amides is 1. The standard InChI is InChI=1S/C13H11FN4O3/c14-8-3-1-7(2-4-8)10(12(16)19)21-13(20)9-11(15)18-6-5-17-9/h1-6,10H,(H2,15,18)(H2,16,19)/t10-/m0/s1. The number of nitrogens with zero attached hydrogens (tertiary/aromatic N) is 2. The number of anilines is 1. The van der Waals surface area contributed by atoms with E-state index in [1.165, 1.54) is 24.5 Å². The van der Waals surface area contributed by atoms with E-state index < -0.39 is 23.8 Å². The van der Waals surface area contributed by atoms with E-state index in [0.29, 0.717) is 0 Å². The third-order valence-corrected chi connectivity index (χ3v) is 2.58. The largest absolute Gasteiger partial charge is 0.442 e. The molecule has 1 atom stereocenters. The lowest BCUT2D eigenvalue weighted by Gasteiger charge is -2.15. The van der Waals surface area contributed by atoms with Crippen LogP contribution in [0.2, 0.25) is 0 Å². The molecule has 0 saturated carbocycles. The molecule has 0 radical (unpaired) electrons. The van der Waals surface area contributed by atoms with E-state index in [-0.39, 0.29) is 17.1 Å². The Hall–Kier alpha value is -3.03. The normalized spacial score (nSPS) is 11.7. The van der Waals surface area contributed by atoms with Gasteiger partial charge < -0.3 is 16.2 Å². The van der Waals surface area contributed by atoms with E-state index in [2.05, 4.69) is 9.97 Å². The van der Waals surface area contributed by atoms with Gasteiger partial charge >= 0.3 is 5.97 Å². The monoisotopic (exact) mass is 290 g/mol. The highest BCUT2D eigenvalue weighted by atomic mass is 19.1. The molecule has 108 valence electrons. The van der Waals surface area contributed by atoms with E-state index in [1.807, 2.05) is 0 Å². The van der Waals surface area contributed by atoms with Gasteiger partial charge in [0.1, 0.15) is 5.82 Å². The molecule has 0 aliphatic rings. The Labute approximate surface area is 118 Å². The molecular formula is C13H11FN4O3. The van der Waals surface area contributed by atoms with E-state index >= 15 is 0 Å². The maximum absolute atomic E-state index is 12.9. The van der Waals surface area contributed by atoms with Gasteiger partial charge in [-0.3, -0.25) is 4.79 Å². The number of ether oxygens (including phenoxy) is 1. The summed E-state index contributed by atoms with van der Waals surface area (Å²) in [4.78, 5) is 30.8. The number of halogens is 1. The highest BCUT2D eigenvalue weighted by molar-refractivity contribution is 5.94. The van der Waals surface area contributed by atoms with Gasteiger partial charge in [0.2, 0.25) is 6.10 Å². The van der Waals surface area contributed by atoms with Crippen molar-refractivity contribution in [1.29, 1.82) is 0 Å². The van der Waals surface area contributed by atoms with Crippen LogP contribution in [0.3, 0.4) is 0 Å². The first-order chi connectivity index (χ1) is 9.99. The van der Waals surface area contributed by atoms with E-state index in [1.54, 1.807) is 0 Å². The Morgan fingerprint density at radius 2 is 1.76 bits per heavy atom. The molecule has 1 aromatic carbocycles. The van der Waals surface area contributed by atoms with Gasteiger partial charge in [-0.25, -0.2) is 19.2 Å². The summed E-state index contributed by atoms with van der Waals surface area (Å²) in [5.74, 6) is -2.48. The van der Waals surface area contributed by atoms with Crippen molar-refractivity contribution in [1.82, 2.24) is 9.97 Å². The molecule has 0 aliphatic heterocycles. The summed E-state index contributed by atoms with van der Waals surface area (Å²) in [5.41, 5.74) is 10.7. The fourth-order valence-electron chi connectivity index (χ4n) is 1.60. The number of carbonyl (C=O) groups excluding carboxylic acids is 2. The molecule has 2 rings (SSSR count). The molecule has 4 N–H and O–H groups in total. The zero-order valence-corrected chi connectivity index (χ0v) is 10.7. The van der Waals surface area contributed by atoms with Crippen LogP contribution in [0, 0.1) is 5.82 Å². The van der Waals surface area contributed by atoms with Crippen LogP contribution in [0.5, 0.6) is 0 Å². The molecule has 1 heterocycles. The summed E-state index contributed by atoms with van der Waals surface area (Å²) >= 11 is 0. The average molecular weight is 290 g/mol. The maximum Gasteiger partial charge on any atom is 0.361 e. The molecule has 21 heavy (non-hydrogen) atoms. The van der Waals surface area contributed by atoms with Crippen molar-refractivity contribution < 1.29 is 18.7 Å². The molecule has 1 amide bonds. The summed E-state index contributed by atoms with van der Waals surface area (Å²) < 4.78 is 17.9. The first kappa shape index (κ1) is 14.4. The Morgan fingerprint density at radius 1 is 1.14 bits per heavy atom. The molecule has 7 nitrogen and oxygen atoms in total. The van der Waals surface area contributed by atoms with Crippen molar-refractivity contribution in [2.24, 2.45) is 5.73 Å². The fraction of sp³-hybridized carbons (Fsp3) is 0.0769. The summed E-state index contributed by atoms with van der Waals surface area (Å²) in [5, 5.41) is 0. The van der Waals surface area contributed by atoms with Gasteiger partial charge in [-0.2, -0.15) is 0 Å². The summed E-state index contributed by atoms with van der Waals surface area (Å²) in [6.07, 6.45) is 1.18.